The van der Waals surface area contributed by atoms with Crippen LogP contribution in [0.1, 0.15) is 41.0 Å². The van der Waals surface area contributed by atoms with E-state index >= 15 is 4.79 Å². The van der Waals surface area contributed by atoms with Crippen molar-refractivity contribution in [2.45, 2.75) is 31.1 Å². The minimum absolute atomic E-state index is 0.135. The molecule has 0 aromatic heterocycles. The normalized spacial score (nSPS) is 26.2. The monoisotopic (exact) mass is 835 g/mol. The lowest BCUT2D eigenvalue weighted by molar-refractivity contribution is -0.138. The fourth-order valence-electron chi connectivity index (χ4n) is 9.08. The van der Waals surface area contributed by atoms with Gasteiger partial charge in [0.05, 0.1) is 46.1 Å². The maximum Gasteiger partial charge on any atom is 0.260 e. The van der Waals surface area contributed by atoms with Gasteiger partial charge in [-0.3, -0.25) is 29.5 Å². The van der Waals surface area contributed by atoms with Gasteiger partial charge in [0.25, 0.3) is 11.8 Å². The third-order valence-electron chi connectivity index (χ3n) is 11.5. The molecule has 9 nitrogen and oxygen atoms in total. The Morgan fingerprint density at radius 1 is 0.906 bits per heavy atom. The number of anilines is 2. The molecule has 6 atom stereocenters. The van der Waals surface area contributed by atoms with Crippen molar-refractivity contribution in [3.63, 3.8) is 0 Å². The molecule has 4 aliphatic rings. The minimum atomic E-state index is -1.49. The first-order valence-corrected chi connectivity index (χ1v) is 18.9. The molecule has 2 aliphatic heterocycles. The van der Waals surface area contributed by atoms with Crippen LogP contribution in [0.2, 0.25) is 0 Å². The van der Waals surface area contributed by atoms with E-state index < -0.39 is 46.8 Å². The fraction of sp³-hybridized carbons (Fsp3) is 0.238. The number of hydrogen-bond donors (Lipinski definition) is 2. The van der Waals surface area contributed by atoms with Crippen LogP contribution in [0.4, 0.5) is 11.4 Å². The average Bonchev–Trinajstić information content (AvgIpc) is 3.56. The number of rotatable bonds is 7. The average molecular weight is 838 g/mol. The van der Waals surface area contributed by atoms with Crippen LogP contribution in [-0.4, -0.2) is 40.9 Å². The second-order valence-corrected chi connectivity index (χ2v) is 15.6. The second kappa shape index (κ2) is 13.1. The summed E-state index contributed by atoms with van der Waals surface area (Å²) in [7, 11) is 1.44. The Balaban J connectivity index is 1.35. The summed E-state index contributed by atoms with van der Waals surface area (Å²) in [4.78, 5) is 60.4. The lowest BCUT2D eigenvalue weighted by Crippen LogP contribution is -2.53. The number of aryl methyl sites for hydroxylation is 1. The molecule has 8 rings (SSSR count). The largest absolute Gasteiger partial charge is 0.503 e. The van der Waals surface area contributed by atoms with E-state index in [1.54, 1.807) is 24.3 Å². The Hall–Kier alpha value is -5.00. The number of hydrazine groups is 1. The number of phenolic OH excluding ortho intramolecular Hbond substituents is 1. The molecule has 3 fully saturated rings. The molecule has 4 amide bonds. The zero-order valence-electron chi connectivity index (χ0n) is 28.9. The SMILES string of the molecule is C=Cc1ccc(N2C(=O)[C@H]3[C@H](CC=C4[C@H]3C[C@H]3C(=O)N(Nc5ccc(C)cc5)C(=O)[C@@]3(c3ccccc3)[C@H]4c3cc(OC)c(O)c(Br)c3Br)C2=O)cc1. The van der Waals surface area contributed by atoms with E-state index in [1.165, 1.54) is 12.0 Å². The number of fused-ring (bicyclic) bond motifs is 4. The number of nitrogens with one attached hydrogen (secondary N) is 1. The number of ether oxygens (including phenoxy) is 1. The van der Waals surface area contributed by atoms with Crippen molar-refractivity contribution in [1.82, 2.24) is 5.01 Å². The predicted molar refractivity (Wildman–Crippen MR) is 208 cm³/mol. The Morgan fingerprint density at radius 2 is 1.60 bits per heavy atom. The number of nitrogens with zero attached hydrogens (tertiary/aromatic N) is 2. The van der Waals surface area contributed by atoms with Gasteiger partial charge in [-0.05, 0) is 105 Å². The maximum absolute atomic E-state index is 15.4. The van der Waals surface area contributed by atoms with Crippen molar-refractivity contribution in [3.8, 4) is 11.5 Å². The number of aromatic hydroxyl groups is 1. The van der Waals surface area contributed by atoms with Gasteiger partial charge in [0, 0.05) is 10.4 Å². The number of allylic oxidation sites excluding steroid dienone is 2. The molecule has 4 aromatic rings. The van der Waals surface area contributed by atoms with Crippen molar-refractivity contribution >= 4 is 72.9 Å². The van der Waals surface area contributed by atoms with Crippen LogP contribution in [0.25, 0.3) is 6.08 Å². The summed E-state index contributed by atoms with van der Waals surface area (Å²) in [5.74, 6) is -5.18. The Kier molecular flexibility index (Phi) is 8.69. The smallest absolute Gasteiger partial charge is 0.260 e. The molecule has 2 saturated heterocycles. The van der Waals surface area contributed by atoms with E-state index in [0.29, 0.717) is 31.4 Å². The van der Waals surface area contributed by atoms with Crippen LogP contribution in [0.15, 0.2) is 112 Å². The van der Waals surface area contributed by atoms with Gasteiger partial charge in [-0.1, -0.05) is 84.5 Å². The van der Waals surface area contributed by atoms with Crippen LogP contribution in [0.3, 0.4) is 0 Å². The van der Waals surface area contributed by atoms with Crippen molar-refractivity contribution in [3.05, 3.63) is 134 Å². The van der Waals surface area contributed by atoms with Gasteiger partial charge in [0.1, 0.15) is 0 Å². The maximum atomic E-state index is 15.4. The Labute approximate surface area is 323 Å². The van der Waals surface area contributed by atoms with Crippen LogP contribution in [-0.2, 0) is 24.6 Å². The molecule has 268 valence electrons. The highest BCUT2D eigenvalue weighted by Gasteiger charge is 2.70. The lowest BCUT2D eigenvalue weighted by Gasteiger charge is -2.51. The molecule has 11 heteroatoms. The number of benzene rings is 4. The van der Waals surface area contributed by atoms with E-state index in [9.17, 15) is 19.5 Å². The number of halogens is 2. The summed E-state index contributed by atoms with van der Waals surface area (Å²) in [6.07, 6.45) is 4.13. The van der Waals surface area contributed by atoms with E-state index in [0.717, 1.165) is 21.7 Å². The summed E-state index contributed by atoms with van der Waals surface area (Å²) in [5, 5.41) is 12.2. The molecule has 53 heavy (non-hydrogen) atoms. The molecule has 0 unspecified atom stereocenters. The molecule has 2 N–H and O–H groups in total. The molecule has 1 saturated carbocycles. The number of amides is 4. The first-order valence-electron chi connectivity index (χ1n) is 17.3. The van der Waals surface area contributed by atoms with Crippen LogP contribution < -0.4 is 15.1 Å². The van der Waals surface area contributed by atoms with Gasteiger partial charge in [0.15, 0.2) is 11.5 Å². The van der Waals surface area contributed by atoms with E-state index in [-0.39, 0.29) is 36.2 Å². The van der Waals surface area contributed by atoms with Crippen LogP contribution >= 0.6 is 31.9 Å². The number of carbonyl (C=O) groups excluding carboxylic acids is 4. The third-order valence-corrected chi connectivity index (χ3v) is 13.6. The summed E-state index contributed by atoms with van der Waals surface area (Å²) in [5.41, 5.74) is 6.56. The highest BCUT2D eigenvalue weighted by Crippen LogP contribution is 2.65. The number of hydrogen-bond acceptors (Lipinski definition) is 7. The van der Waals surface area contributed by atoms with Crippen molar-refractivity contribution in [2.24, 2.45) is 23.7 Å². The zero-order chi connectivity index (χ0) is 37.3. The quantitative estimate of drug-likeness (QED) is 0.143. The number of methoxy groups -OCH3 is 1. The molecule has 2 aliphatic carbocycles. The molecule has 0 bridgehead atoms. The first-order chi connectivity index (χ1) is 25.5. The standard InChI is InChI=1S/C42H35Br2N3O6/c1-4-23-12-16-26(17-13-23)46-38(49)28-19-18-27-29(33(28)40(46)51)20-31-39(50)47(45-25-14-10-22(2)11-15-25)41(52)42(31,24-8-6-5-7-9-24)34(27)30-21-32(53-3)37(48)36(44)35(30)43/h4-18,21,28-29,31,33-34,45,48H,1,19-20H2,2-3H3/t28-,29+,31-,33-,34+,42+/m0/s1. The topological polar surface area (TPSA) is 116 Å². The summed E-state index contributed by atoms with van der Waals surface area (Å²) in [6.45, 7) is 5.76. The Bertz CT molecular complexity index is 2240. The fourth-order valence-corrected chi connectivity index (χ4v) is 10.0. The first kappa shape index (κ1) is 35.1. The zero-order valence-corrected chi connectivity index (χ0v) is 32.1. The number of phenols is 1. The molecular formula is C42H35Br2N3O6. The third kappa shape index (κ3) is 5.15. The summed E-state index contributed by atoms with van der Waals surface area (Å²) in [6, 6.07) is 25.5. The second-order valence-electron chi connectivity index (χ2n) is 14.0. The lowest BCUT2D eigenvalue weighted by atomic mass is 9.49. The number of carbonyl (C=O) groups is 4. The van der Waals surface area contributed by atoms with Gasteiger partial charge in [-0.2, -0.15) is 5.01 Å². The van der Waals surface area contributed by atoms with E-state index in [1.807, 2.05) is 79.7 Å². The molecule has 0 spiro atoms. The highest BCUT2D eigenvalue weighted by molar-refractivity contribution is 9.13. The molecule has 2 heterocycles. The van der Waals surface area contributed by atoms with Crippen molar-refractivity contribution in [1.29, 1.82) is 0 Å². The number of imide groups is 2. The van der Waals surface area contributed by atoms with Crippen molar-refractivity contribution in [2.75, 3.05) is 17.4 Å². The van der Waals surface area contributed by atoms with Gasteiger partial charge >= 0.3 is 0 Å². The van der Waals surface area contributed by atoms with Crippen LogP contribution in [0.5, 0.6) is 11.5 Å². The summed E-state index contributed by atoms with van der Waals surface area (Å²) >= 11 is 7.26. The van der Waals surface area contributed by atoms with Crippen LogP contribution in [0, 0.1) is 30.6 Å². The van der Waals surface area contributed by atoms with Gasteiger partial charge in [-0.15, -0.1) is 0 Å². The van der Waals surface area contributed by atoms with Gasteiger partial charge in [0.2, 0.25) is 11.8 Å². The van der Waals surface area contributed by atoms with E-state index in [4.69, 9.17) is 4.74 Å². The summed E-state index contributed by atoms with van der Waals surface area (Å²) < 4.78 is 6.42. The highest BCUT2D eigenvalue weighted by atomic mass is 79.9. The van der Waals surface area contributed by atoms with E-state index in [2.05, 4.69) is 43.9 Å². The predicted octanol–water partition coefficient (Wildman–Crippen LogP) is 8.07. The minimum Gasteiger partial charge on any atom is -0.503 e. The molecule has 4 aromatic carbocycles. The van der Waals surface area contributed by atoms with Gasteiger partial charge < -0.3 is 9.84 Å². The molecule has 0 radical (unpaired) electrons. The van der Waals surface area contributed by atoms with Gasteiger partial charge in [-0.25, -0.2) is 0 Å². The molecular weight excluding hydrogens is 802 g/mol. The Morgan fingerprint density at radius 3 is 2.26 bits per heavy atom. The van der Waals surface area contributed by atoms with Crippen molar-refractivity contribution < 1.29 is 29.0 Å².